The predicted octanol–water partition coefficient (Wildman–Crippen LogP) is 4.82. The van der Waals surface area contributed by atoms with Gasteiger partial charge in [-0.25, -0.2) is 0 Å². The maximum absolute atomic E-state index is 13.9. The number of benzene rings is 1. The molecule has 0 amide bonds. The van der Waals surface area contributed by atoms with Crippen molar-refractivity contribution in [1.29, 1.82) is 0 Å². The van der Waals surface area contributed by atoms with E-state index in [2.05, 4.69) is 0 Å². The summed E-state index contributed by atoms with van der Waals surface area (Å²) >= 11 is 0. The van der Waals surface area contributed by atoms with E-state index < -0.39 is 5.92 Å². The standard InChI is InChI=1S/C26H30O6/c1-25(2)10-15(27)21-19(12-25)32-20-13-26(3,4)11-16(28)22(20)23(21)24(29)14-7-8-17(30-5)18(9-14)31-6/h7-9,23H,10-13H2,1-6H3. The zero-order valence-electron chi connectivity index (χ0n) is 19.6. The van der Waals surface area contributed by atoms with Crippen LogP contribution in [0.2, 0.25) is 0 Å². The summed E-state index contributed by atoms with van der Waals surface area (Å²) < 4.78 is 16.9. The third-order valence-electron chi connectivity index (χ3n) is 6.51. The molecule has 1 aromatic rings. The molecule has 0 radical (unpaired) electrons. The molecular formula is C26H30O6. The highest BCUT2D eigenvalue weighted by atomic mass is 16.5. The Morgan fingerprint density at radius 2 is 1.34 bits per heavy atom. The second-order valence-electron chi connectivity index (χ2n) is 10.5. The number of hydrogen-bond donors (Lipinski definition) is 0. The van der Waals surface area contributed by atoms with Crippen molar-refractivity contribution in [2.45, 2.75) is 53.4 Å². The van der Waals surface area contributed by atoms with Gasteiger partial charge in [0, 0.05) is 42.4 Å². The Hall–Kier alpha value is -2.89. The number of ether oxygens (including phenoxy) is 3. The summed E-state index contributed by atoms with van der Waals surface area (Å²) in [7, 11) is 3.03. The van der Waals surface area contributed by atoms with Gasteiger partial charge in [-0.1, -0.05) is 27.7 Å². The van der Waals surface area contributed by atoms with Crippen molar-refractivity contribution in [3.63, 3.8) is 0 Å². The summed E-state index contributed by atoms with van der Waals surface area (Å²) in [6.45, 7) is 8.07. The Morgan fingerprint density at radius 1 is 0.844 bits per heavy atom. The number of ketones is 3. The summed E-state index contributed by atoms with van der Waals surface area (Å²) in [4.78, 5) is 40.4. The van der Waals surface area contributed by atoms with Crippen LogP contribution < -0.4 is 9.47 Å². The number of Topliss-reactive ketones (excluding diaryl/α,β-unsaturated/α-hetero) is 3. The van der Waals surface area contributed by atoms with Gasteiger partial charge in [-0.15, -0.1) is 0 Å². The molecule has 0 spiro atoms. The van der Waals surface area contributed by atoms with Gasteiger partial charge >= 0.3 is 0 Å². The lowest BCUT2D eigenvalue weighted by Gasteiger charge is -2.42. The third kappa shape index (κ3) is 3.76. The van der Waals surface area contributed by atoms with Gasteiger partial charge in [0.1, 0.15) is 11.5 Å². The molecule has 0 saturated heterocycles. The molecule has 0 fully saturated rings. The minimum atomic E-state index is -0.945. The topological polar surface area (TPSA) is 78.9 Å². The highest BCUT2D eigenvalue weighted by molar-refractivity contribution is 6.16. The zero-order valence-corrected chi connectivity index (χ0v) is 19.6. The zero-order chi connectivity index (χ0) is 23.4. The molecule has 0 atom stereocenters. The fraction of sp³-hybridized carbons (Fsp3) is 0.500. The van der Waals surface area contributed by atoms with Crippen LogP contribution in [-0.4, -0.2) is 31.6 Å². The molecule has 1 aliphatic heterocycles. The Labute approximate surface area is 188 Å². The Kier molecular flexibility index (Phi) is 5.30. The molecule has 0 N–H and O–H groups in total. The summed E-state index contributed by atoms with van der Waals surface area (Å²) in [6.07, 6.45) is 1.73. The molecule has 1 aromatic carbocycles. The highest BCUT2D eigenvalue weighted by Gasteiger charge is 2.49. The van der Waals surface area contributed by atoms with Crippen molar-refractivity contribution >= 4 is 17.3 Å². The van der Waals surface area contributed by atoms with E-state index in [0.29, 0.717) is 65.4 Å². The maximum atomic E-state index is 13.9. The molecule has 170 valence electrons. The summed E-state index contributed by atoms with van der Waals surface area (Å²) in [6, 6.07) is 4.91. The maximum Gasteiger partial charge on any atom is 0.175 e. The number of allylic oxidation sites excluding steroid dienone is 4. The van der Waals surface area contributed by atoms with E-state index in [4.69, 9.17) is 14.2 Å². The molecule has 3 aliphatic rings. The van der Waals surface area contributed by atoms with Crippen LogP contribution in [0.5, 0.6) is 11.5 Å². The second-order valence-corrected chi connectivity index (χ2v) is 10.5. The first kappa shape index (κ1) is 22.3. The fourth-order valence-corrected chi connectivity index (χ4v) is 5.09. The van der Waals surface area contributed by atoms with E-state index in [-0.39, 0.29) is 28.2 Å². The molecule has 2 aliphatic carbocycles. The molecule has 4 rings (SSSR count). The molecule has 32 heavy (non-hydrogen) atoms. The van der Waals surface area contributed by atoms with E-state index in [1.165, 1.54) is 14.2 Å². The van der Waals surface area contributed by atoms with Crippen LogP contribution in [0.4, 0.5) is 0 Å². The number of rotatable bonds is 4. The van der Waals surface area contributed by atoms with Crippen molar-refractivity contribution in [3.05, 3.63) is 46.4 Å². The normalized spacial score (nSPS) is 22.2. The van der Waals surface area contributed by atoms with E-state index in [1.807, 2.05) is 27.7 Å². The molecule has 6 nitrogen and oxygen atoms in total. The summed E-state index contributed by atoms with van der Waals surface area (Å²) in [5.74, 6) is 0.499. The van der Waals surface area contributed by atoms with Gasteiger partial charge in [0.05, 0.1) is 20.1 Å². The van der Waals surface area contributed by atoms with Crippen LogP contribution in [-0.2, 0) is 14.3 Å². The molecule has 6 heteroatoms. The largest absolute Gasteiger partial charge is 0.493 e. The number of methoxy groups -OCH3 is 2. The van der Waals surface area contributed by atoms with Crippen molar-refractivity contribution in [1.82, 2.24) is 0 Å². The summed E-state index contributed by atoms with van der Waals surface area (Å²) in [5.41, 5.74) is 0.522. The quantitative estimate of drug-likeness (QED) is 0.627. The third-order valence-corrected chi connectivity index (χ3v) is 6.51. The van der Waals surface area contributed by atoms with Gasteiger partial charge < -0.3 is 14.2 Å². The minimum Gasteiger partial charge on any atom is -0.493 e. The first-order valence-corrected chi connectivity index (χ1v) is 10.9. The average molecular weight is 439 g/mol. The Bertz CT molecular complexity index is 1030. The molecule has 1 heterocycles. The first-order chi connectivity index (χ1) is 15.0. The smallest absolute Gasteiger partial charge is 0.175 e. The van der Waals surface area contributed by atoms with Gasteiger partial charge in [-0.2, -0.15) is 0 Å². The van der Waals surface area contributed by atoms with Gasteiger partial charge in [-0.3, -0.25) is 14.4 Å². The van der Waals surface area contributed by atoms with Crippen molar-refractivity contribution in [3.8, 4) is 11.5 Å². The van der Waals surface area contributed by atoms with Crippen LogP contribution in [0, 0.1) is 16.7 Å². The van der Waals surface area contributed by atoms with Crippen molar-refractivity contribution in [2.24, 2.45) is 16.7 Å². The van der Waals surface area contributed by atoms with Crippen LogP contribution in [0.1, 0.15) is 63.7 Å². The second kappa shape index (κ2) is 7.61. The predicted molar refractivity (Wildman–Crippen MR) is 119 cm³/mol. The highest BCUT2D eigenvalue weighted by Crippen LogP contribution is 2.51. The van der Waals surface area contributed by atoms with Gasteiger partial charge in [-0.05, 0) is 29.0 Å². The number of carbonyl (C=O) groups is 3. The Morgan fingerprint density at radius 3 is 1.81 bits per heavy atom. The molecule has 0 aromatic heterocycles. The number of carbonyl (C=O) groups excluding carboxylic acids is 3. The lowest BCUT2D eigenvalue weighted by Crippen LogP contribution is -2.41. The molecule has 0 bridgehead atoms. The SMILES string of the molecule is COc1ccc(C(=O)C2C3=C(CC(C)(C)CC3=O)OC3=C2C(=O)CC(C)(C)C3)cc1OC. The molecule has 0 unspecified atom stereocenters. The van der Waals surface area contributed by atoms with E-state index >= 15 is 0 Å². The van der Waals surface area contributed by atoms with E-state index in [0.717, 1.165) is 0 Å². The number of hydrogen-bond acceptors (Lipinski definition) is 6. The van der Waals surface area contributed by atoms with E-state index in [9.17, 15) is 14.4 Å². The van der Waals surface area contributed by atoms with Crippen molar-refractivity contribution in [2.75, 3.05) is 14.2 Å². The van der Waals surface area contributed by atoms with Crippen LogP contribution >= 0.6 is 0 Å². The average Bonchev–Trinajstić information content (AvgIpc) is 2.69. The van der Waals surface area contributed by atoms with Crippen LogP contribution in [0.3, 0.4) is 0 Å². The molecular weight excluding hydrogens is 408 g/mol. The van der Waals surface area contributed by atoms with Gasteiger partial charge in [0.15, 0.2) is 28.8 Å². The monoisotopic (exact) mass is 438 g/mol. The lowest BCUT2D eigenvalue weighted by molar-refractivity contribution is -0.120. The lowest BCUT2D eigenvalue weighted by atomic mass is 9.65. The summed E-state index contributed by atoms with van der Waals surface area (Å²) in [5, 5.41) is 0. The van der Waals surface area contributed by atoms with E-state index in [1.54, 1.807) is 18.2 Å². The van der Waals surface area contributed by atoms with Gasteiger partial charge in [0.2, 0.25) is 0 Å². The molecule has 0 saturated carbocycles. The van der Waals surface area contributed by atoms with Crippen molar-refractivity contribution < 1.29 is 28.6 Å². The fourth-order valence-electron chi connectivity index (χ4n) is 5.09. The minimum absolute atomic E-state index is 0.126. The van der Waals surface area contributed by atoms with Crippen LogP contribution in [0.15, 0.2) is 40.9 Å². The Balaban J connectivity index is 1.87. The first-order valence-electron chi connectivity index (χ1n) is 10.9. The van der Waals surface area contributed by atoms with Gasteiger partial charge in [0.25, 0.3) is 0 Å². The van der Waals surface area contributed by atoms with Crippen LogP contribution in [0.25, 0.3) is 0 Å².